The van der Waals surface area contributed by atoms with Crippen LogP contribution in [0.2, 0.25) is 0 Å². The molecule has 0 aromatic carbocycles. The molecule has 1 saturated heterocycles. The van der Waals surface area contributed by atoms with Crippen LogP contribution in [0.25, 0.3) is 10.2 Å². The van der Waals surface area contributed by atoms with Gasteiger partial charge in [-0.3, -0.25) is 14.4 Å². The van der Waals surface area contributed by atoms with Gasteiger partial charge in [-0.2, -0.15) is 0 Å². The van der Waals surface area contributed by atoms with E-state index >= 15 is 0 Å². The van der Waals surface area contributed by atoms with E-state index in [0.29, 0.717) is 55.1 Å². The van der Waals surface area contributed by atoms with Gasteiger partial charge >= 0.3 is 0 Å². The van der Waals surface area contributed by atoms with Crippen LogP contribution in [-0.4, -0.2) is 44.9 Å². The summed E-state index contributed by atoms with van der Waals surface area (Å²) in [4.78, 5) is 48.3. The van der Waals surface area contributed by atoms with Crippen molar-refractivity contribution < 1.29 is 14.1 Å². The van der Waals surface area contributed by atoms with Crippen LogP contribution in [0.4, 0.5) is 5.82 Å². The predicted molar refractivity (Wildman–Crippen MR) is 117 cm³/mol. The lowest BCUT2D eigenvalue weighted by Gasteiger charge is -2.31. The number of fused-ring (bicyclic) bond motifs is 1. The smallest absolute Gasteiger partial charge is 0.259 e. The molecule has 0 radical (unpaired) electrons. The van der Waals surface area contributed by atoms with Crippen molar-refractivity contribution in [2.45, 2.75) is 46.5 Å². The highest BCUT2D eigenvalue weighted by molar-refractivity contribution is 7.18. The van der Waals surface area contributed by atoms with Crippen molar-refractivity contribution >= 4 is 39.2 Å². The molecular formula is C21H25N5O4S. The summed E-state index contributed by atoms with van der Waals surface area (Å²) in [7, 11) is 0. The number of hydrogen-bond donors (Lipinski definition) is 2. The third-order valence-corrected chi connectivity index (χ3v) is 6.86. The van der Waals surface area contributed by atoms with Crippen molar-refractivity contribution in [1.29, 1.82) is 0 Å². The van der Waals surface area contributed by atoms with Crippen molar-refractivity contribution in [2.24, 2.45) is 5.92 Å². The van der Waals surface area contributed by atoms with Crippen LogP contribution in [0.5, 0.6) is 0 Å². The van der Waals surface area contributed by atoms with E-state index in [1.165, 1.54) is 11.3 Å². The van der Waals surface area contributed by atoms with E-state index in [0.717, 1.165) is 15.3 Å². The van der Waals surface area contributed by atoms with Gasteiger partial charge in [-0.05, 0) is 39.2 Å². The van der Waals surface area contributed by atoms with Crippen LogP contribution in [0.3, 0.4) is 0 Å². The highest BCUT2D eigenvalue weighted by atomic mass is 32.1. The molecule has 9 nitrogen and oxygen atoms in total. The number of nitrogens with zero attached hydrogens (tertiary/aromatic N) is 3. The minimum absolute atomic E-state index is 0.00673. The molecule has 4 rings (SSSR count). The molecule has 1 fully saturated rings. The summed E-state index contributed by atoms with van der Waals surface area (Å²) in [6, 6.07) is 1.67. The SMILES string of the molecule is Cc1cc(NC(=O)C2CCN(C(=O)CCc3nc4sc(C)c(C)c4c(=O)[nH]3)CC2)no1. The van der Waals surface area contributed by atoms with Gasteiger partial charge < -0.3 is 19.7 Å². The fraction of sp³-hybridized carbons (Fsp3) is 0.476. The van der Waals surface area contributed by atoms with Gasteiger partial charge in [0.05, 0.1) is 5.39 Å². The van der Waals surface area contributed by atoms with Gasteiger partial charge in [-0.25, -0.2) is 4.98 Å². The first-order valence-electron chi connectivity index (χ1n) is 10.3. The van der Waals surface area contributed by atoms with Crippen LogP contribution in [-0.2, 0) is 16.0 Å². The normalized spacial score (nSPS) is 14.9. The molecule has 0 atom stereocenters. The molecule has 1 aliphatic rings. The first-order chi connectivity index (χ1) is 14.8. The lowest BCUT2D eigenvalue weighted by Crippen LogP contribution is -2.41. The minimum Gasteiger partial charge on any atom is -0.360 e. The van der Waals surface area contributed by atoms with Gasteiger partial charge in [-0.1, -0.05) is 5.16 Å². The van der Waals surface area contributed by atoms with E-state index in [9.17, 15) is 14.4 Å². The first-order valence-corrected chi connectivity index (χ1v) is 11.1. The molecule has 0 spiro atoms. The maximum atomic E-state index is 12.6. The Bertz CT molecular complexity index is 1190. The number of amides is 2. The van der Waals surface area contributed by atoms with Crippen molar-refractivity contribution in [2.75, 3.05) is 18.4 Å². The number of carbonyl (C=O) groups excluding carboxylic acids is 2. The number of thiophene rings is 1. The Hall–Kier alpha value is -3.01. The number of hydrogen-bond acceptors (Lipinski definition) is 7. The van der Waals surface area contributed by atoms with Crippen LogP contribution in [0, 0.1) is 26.7 Å². The van der Waals surface area contributed by atoms with Crippen LogP contribution < -0.4 is 10.9 Å². The average Bonchev–Trinajstić information content (AvgIpc) is 3.28. The van der Waals surface area contributed by atoms with Crippen molar-refractivity contribution in [3.8, 4) is 0 Å². The summed E-state index contributed by atoms with van der Waals surface area (Å²) in [6.07, 6.45) is 1.85. The number of anilines is 1. The topological polar surface area (TPSA) is 121 Å². The van der Waals surface area contributed by atoms with Crippen molar-refractivity contribution in [3.63, 3.8) is 0 Å². The molecule has 1 aliphatic heterocycles. The number of aryl methyl sites for hydroxylation is 4. The molecule has 0 aliphatic carbocycles. The summed E-state index contributed by atoms with van der Waals surface area (Å²) in [5.41, 5.74) is 0.811. The van der Waals surface area contributed by atoms with Crippen molar-refractivity contribution in [3.05, 3.63) is 38.4 Å². The predicted octanol–water partition coefficient (Wildman–Crippen LogP) is 2.71. The lowest BCUT2D eigenvalue weighted by molar-refractivity contribution is -0.134. The number of nitrogens with one attached hydrogen (secondary N) is 2. The van der Waals surface area contributed by atoms with Gasteiger partial charge in [-0.15, -0.1) is 11.3 Å². The van der Waals surface area contributed by atoms with E-state index in [4.69, 9.17) is 4.52 Å². The Morgan fingerprint density at radius 3 is 2.71 bits per heavy atom. The third-order valence-electron chi connectivity index (χ3n) is 5.76. The lowest BCUT2D eigenvalue weighted by atomic mass is 9.95. The number of rotatable bonds is 5. The number of aromatic nitrogens is 3. The summed E-state index contributed by atoms with van der Waals surface area (Å²) >= 11 is 1.50. The van der Waals surface area contributed by atoms with Gasteiger partial charge in [0.2, 0.25) is 11.8 Å². The van der Waals surface area contributed by atoms with E-state index in [-0.39, 0.29) is 29.7 Å². The van der Waals surface area contributed by atoms with Crippen molar-refractivity contribution in [1.82, 2.24) is 20.0 Å². The van der Waals surface area contributed by atoms with Gasteiger partial charge in [0.1, 0.15) is 16.4 Å². The monoisotopic (exact) mass is 443 g/mol. The number of carbonyl (C=O) groups is 2. The highest BCUT2D eigenvalue weighted by Gasteiger charge is 2.27. The zero-order valence-electron chi connectivity index (χ0n) is 17.8. The molecule has 31 heavy (non-hydrogen) atoms. The Kier molecular flexibility index (Phi) is 5.90. The molecule has 10 heteroatoms. The van der Waals surface area contributed by atoms with Crippen LogP contribution in [0.1, 0.15) is 41.3 Å². The molecule has 0 bridgehead atoms. The molecule has 2 amide bonds. The second-order valence-corrected chi connectivity index (χ2v) is 9.15. The van der Waals surface area contributed by atoms with Crippen LogP contribution >= 0.6 is 11.3 Å². The third kappa shape index (κ3) is 4.53. The molecule has 4 heterocycles. The summed E-state index contributed by atoms with van der Waals surface area (Å²) < 4.78 is 4.96. The molecule has 2 N–H and O–H groups in total. The fourth-order valence-electron chi connectivity index (χ4n) is 3.85. The maximum absolute atomic E-state index is 12.6. The van der Waals surface area contributed by atoms with E-state index in [1.807, 2.05) is 13.8 Å². The number of likely N-dealkylation sites (tertiary alicyclic amines) is 1. The molecule has 164 valence electrons. The van der Waals surface area contributed by atoms with E-state index in [1.54, 1.807) is 17.9 Å². The zero-order valence-corrected chi connectivity index (χ0v) is 18.6. The quantitative estimate of drug-likeness (QED) is 0.625. The van der Waals surface area contributed by atoms with Gasteiger partial charge in [0, 0.05) is 42.8 Å². The fourth-order valence-corrected chi connectivity index (χ4v) is 4.89. The Morgan fingerprint density at radius 2 is 2.03 bits per heavy atom. The summed E-state index contributed by atoms with van der Waals surface area (Å²) in [6.45, 7) is 6.71. The van der Waals surface area contributed by atoms with Crippen LogP contribution in [0.15, 0.2) is 15.4 Å². The Labute approximate surface area is 182 Å². The molecule has 0 unspecified atom stereocenters. The first kappa shape index (κ1) is 21.2. The summed E-state index contributed by atoms with van der Waals surface area (Å²) in [5.74, 6) is 1.32. The number of piperidine rings is 1. The number of H-pyrrole nitrogens is 1. The molecule has 0 saturated carbocycles. The average molecular weight is 444 g/mol. The second-order valence-electron chi connectivity index (χ2n) is 7.94. The zero-order chi connectivity index (χ0) is 22.1. The molecule has 3 aromatic rings. The van der Waals surface area contributed by atoms with Gasteiger partial charge in [0.15, 0.2) is 5.82 Å². The molecule has 3 aromatic heterocycles. The Morgan fingerprint density at radius 1 is 1.29 bits per heavy atom. The largest absolute Gasteiger partial charge is 0.360 e. The second kappa shape index (κ2) is 8.62. The van der Waals surface area contributed by atoms with Gasteiger partial charge in [0.25, 0.3) is 5.56 Å². The summed E-state index contributed by atoms with van der Waals surface area (Å²) in [5, 5.41) is 7.17. The maximum Gasteiger partial charge on any atom is 0.259 e. The minimum atomic E-state index is -0.160. The Balaban J connectivity index is 1.30. The van der Waals surface area contributed by atoms with E-state index in [2.05, 4.69) is 20.4 Å². The molecular weight excluding hydrogens is 418 g/mol. The highest BCUT2D eigenvalue weighted by Crippen LogP contribution is 2.26. The standard InChI is InChI=1S/C21H25N5O4S/c1-11-10-16(25-30-11)23-19(28)14-6-8-26(9-7-14)17(27)5-4-15-22-20(29)18-12(2)13(3)31-21(18)24-15/h10,14H,4-9H2,1-3H3,(H,22,24,29)(H,23,25,28). The van der Waals surface area contributed by atoms with E-state index < -0.39 is 0 Å². The number of aromatic amines is 1.